The van der Waals surface area contributed by atoms with Crippen LogP contribution in [0.3, 0.4) is 0 Å². The summed E-state index contributed by atoms with van der Waals surface area (Å²) in [5.41, 5.74) is 21.0. The Balaban J connectivity index is 3.19. The summed E-state index contributed by atoms with van der Waals surface area (Å²) in [5, 5.41) is 19.3. The Kier molecular flexibility index (Phi) is 10.1. The summed E-state index contributed by atoms with van der Waals surface area (Å²) in [7, 11) is 0. The second kappa shape index (κ2) is 11.7. The van der Waals surface area contributed by atoms with Gasteiger partial charge in [-0.2, -0.15) is 0 Å². The Labute approximate surface area is 196 Å². The maximum atomic E-state index is 13.2. The van der Waals surface area contributed by atoms with Crippen LogP contribution in [0.4, 0.5) is 0 Å². The van der Waals surface area contributed by atoms with Crippen LogP contribution < -0.4 is 28.7 Å². The number of hydrogen-bond donors (Lipinski definition) is 7. The quantitative estimate of drug-likeness (QED) is 0.0886. The van der Waals surface area contributed by atoms with E-state index in [1.165, 1.54) is 0 Å². The molecular weight excluding hydrogens is 450 g/mol. The van der Waals surface area contributed by atoms with Gasteiger partial charge in [-0.25, -0.2) is 9.59 Å². The number of unbranched alkanes of at least 4 members (excludes halogenated alkanes) is 1. The molecule has 0 aromatic carbocycles. The monoisotopic (exact) mass is 485 g/mol. The van der Waals surface area contributed by atoms with Crippen molar-refractivity contribution >= 4 is 35.1 Å². The molecule has 0 bridgehead atoms. The second-order valence-corrected chi connectivity index (χ2v) is 8.71. The van der Waals surface area contributed by atoms with Crippen molar-refractivity contribution < 1.29 is 39.0 Å². The molecular formula is C21H35N5O8. The zero-order valence-electron chi connectivity index (χ0n) is 19.1. The van der Waals surface area contributed by atoms with Gasteiger partial charge in [0.25, 0.3) is 0 Å². The third-order valence-electron chi connectivity index (χ3n) is 6.61. The standard InChI is InChI=1S/C21H35N5O8/c22-10-2-1-9-20(25,17(31)32)15(29)5-4-12(24)16(30)21(26,18(33)34)19(8-3-11-23)13(27)6-7-14(19)28/h12H,1-11,22-26H2,(H,31,32)(H,33,34). The molecule has 34 heavy (non-hydrogen) atoms. The first-order valence-electron chi connectivity index (χ1n) is 11.1. The summed E-state index contributed by atoms with van der Waals surface area (Å²) in [5.74, 6) is -7.24. The number of carboxylic acid groups (broad SMARTS) is 2. The Morgan fingerprint density at radius 3 is 1.88 bits per heavy atom. The molecule has 13 nitrogen and oxygen atoms in total. The minimum absolute atomic E-state index is 0.0185. The number of rotatable bonds is 16. The van der Waals surface area contributed by atoms with Gasteiger partial charge in [0.2, 0.25) is 0 Å². The van der Waals surface area contributed by atoms with Gasteiger partial charge in [-0.15, -0.1) is 0 Å². The molecule has 0 saturated heterocycles. The van der Waals surface area contributed by atoms with Crippen molar-refractivity contribution in [3.63, 3.8) is 0 Å². The van der Waals surface area contributed by atoms with E-state index in [2.05, 4.69) is 0 Å². The number of aliphatic carboxylic acids is 2. The first kappa shape index (κ1) is 29.5. The molecule has 0 heterocycles. The topological polar surface area (TPSA) is 273 Å². The highest BCUT2D eigenvalue weighted by Crippen LogP contribution is 2.45. The van der Waals surface area contributed by atoms with Crippen molar-refractivity contribution in [1.82, 2.24) is 0 Å². The van der Waals surface area contributed by atoms with Crippen molar-refractivity contribution in [3.05, 3.63) is 0 Å². The Bertz CT molecular complexity index is 831. The van der Waals surface area contributed by atoms with E-state index in [1.807, 2.05) is 0 Å². The maximum absolute atomic E-state index is 13.2. The number of ketones is 4. The predicted molar refractivity (Wildman–Crippen MR) is 119 cm³/mol. The number of nitrogens with two attached hydrogens (primary N) is 5. The normalized spacial score (nSPS) is 19.8. The fraction of sp³-hybridized carbons (Fsp3) is 0.714. The summed E-state index contributed by atoms with van der Waals surface area (Å²) in [6, 6.07) is -1.68. The molecule has 1 fully saturated rings. The highest BCUT2D eigenvalue weighted by atomic mass is 16.4. The number of carbonyl (C=O) groups excluding carboxylic acids is 4. The molecule has 12 N–H and O–H groups in total. The molecule has 1 saturated carbocycles. The fourth-order valence-corrected chi connectivity index (χ4v) is 4.44. The van der Waals surface area contributed by atoms with Gasteiger partial charge in [0.1, 0.15) is 17.0 Å². The molecule has 1 aliphatic carbocycles. The molecule has 192 valence electrons. The van der Waals surface area contributed by atoms with E-state index in [4.69, 9.17) is 28.7 Å². The average Bonchev–Trinajstić information content (AvgIpc) is 3.08. The van der Waals surface area contributed by atoms with Crippen LogP contribution in [0.5, 0.6) is 0 Å². The van der Waals surface area contributed by atoms with E-state index < -0.39 is 70.4 Å². The number of carbonyl (C=O) groups is 6. The highest BCUT2D eigenvalue weighted by molar-refractivity contribution is 6.25. The van der Waals surface area contributed by atoms with Gasteiger partial charge in [0.05, 0.1) is 6.04 Å². The maximum Gasteiger partial charge on any atom is 0.333 e. The van der Waals surface area contributed by atoms with Crippen molar-refractivity contribution in [2.45, 2.75) is 74.9 Å². The summed E-state index contributed by atoms with van der Waals surface area (Å²) < 4.78 is 0. The van der Waals surface area contributed by atoms with E-state index in [0.29, 0.717) is 6.42 Å². The summed E-state index contributed by atoms with van der Waals surface area (Å²) in [6.07, 6.45) is -1.35. The van der Waals surface area contributed by atoms with E-state index in [9.17, 15) is 39.0 Å². The molecule has 1 rings (SSSR count). The van der Waals surface area contributed by atoms with E-state index in [1.54, 1.807) is 0 Å². The summed E-state index contributed by atoms with van der Waals surface area (Å²) in [6.45, 7) is 0.297. The number of Topliss-reactive ketones (excluding diaryl/α,β-unsaturated/α-hetero) is 4. The van der Waals surface area contributed by atoms with Crippen LogP contribution in [0, 0.1) is 5.41 Å². The van der Waals surface area contributed by atoms with Gasteiger partial charge in [-0.05, 0) is 51.6 Å². The first-order chi connectivity index (χ1) is 15.8. The zero-order valence-corrected chi connectivity index (χ0v) is 19.1. The highest BCUT2D eigenvalue weighted by Gasteiger charge is 2.68. The first-order valence-corrected chi connectivity index (χ1v) is 11.1. The van der Waals surface area contributed by atoms with Gasteiger partial charge < -0.3 is 38.9 Å². The minimum atomic E-state index is -2.97. The van der Waals surface area contributed by atoms with Crippen molar-refractivity contribution in [2.24, 2.45) is 34.1 Å². The van der Waals surface area contributed by atoms with E-state index in [0.717, 1.165) is 0 Å². The summed E-state index contributed by atoms with van der Waals surface area (Å²) in [4.78, 5) is 75.2. The molecule has 0 amide bonds. The Hall–Kier alpha value is -2.58. The Morgan fingerprint density at radius 1 is 0.912 bits per heavy atom. The van der Waals surface area contributed by atoms with Gasteiger partial charge in [-0.1, -0.05) is 0 Å². The van der Waals surface area contributed by atoms with E-state index >= 15 is 0 Å². The van der Waals surface area contributed by atoms with Crippen LogP contribution in [0.2, 0.25) is 0 Å². The Morgan fingerprint density at radius 2 is 1.44 bits per heavy atom. The number of hydrogen-bond acceptors (Lipinski definition) is 11. The van der Waals surface area contributed by atoms with Gasteiger partial charge in [0, 0.05) is 19.3 Å². The third kappa shape index (κ3) is 5.23. The van der Waals surface area contributed by atoms with E-state index in [-0.39, 0.29) is 51.6 Å². The molecule has 0 aromatic rings. The lowest BCUT2D eigenvalue weighted by Crippen LogP contribution is -2.72. The minimum Gasteiger partial charge on any atom is -0.480 e. The molecule has 0 aromatic heterocycles. The number of carboxylic acids is 2. The van der Waals surface area contributed by atoms with Crippen LogP contribution in [0.25, 0.3) is 0 Å². The second-order valence-electron chi connectivity index (χ2n) is 8.71. The SMILES string of the molecule is NCCCCC(N)(C(=O)O)C(=O)CCC(N)C(=O)C(N)(C(=O)O)C1(CCCN)C(=O)CCC1=O. The molecule has 0 spiro atoms. The average molecular weight is 486 g/mol. The van der Waals surface area contributed by atoms with Crippen molar-refractivity contribution in [1.29, 1.82) is 0 Å². The van der Waals surface area contributed by atoms with Crippen LogP contribution in [0.1, 0.15) is 57.8 Å². The van der Waals surface area contributed by atoms with Crippen LogP contribution in [-0.4, -0.2) is 75.5 Å². The smallest absolute Gasteiger partial charge is 0.333 e. The molecule has 3 atom stereocenters. The van der Waals surface area contributed by atoms with Crippen LogP contribution in [-0.2, 0) is 28.8 Å². The lowest BCUT2D eigenvalue weighted by atomic mass is 9.61. The molecule has 13 heteroatoms. The zero-order chi connectivity index (χ0) is 26.3. The lowest BCUT2D eigenvalue weighted by molar-refractivity contribution is -0.163. The molecule has 0 radical (unpaired) electrons. The lowest BCUT2D eigenvalue weighted by Gasteiger charge is -2.40. The largest absolute Gasteiger partial charge is 0.480 e. The molecule has 3 unspecified atom stereocenters. The van der Waals surface area contributed by atoms with Gasteiger partial charge >= 0.3 is 11.9 Å². The van der Waals surface area contributed by atoms with Gasteiger partial charge in [-0.3, -0.25) is 19.2 Å². The molecule has 1 aliphatic rings. The van der Waals surface area contributed by atoms with Crippen molar-refractivity contribution in [3.8, 4) is 0 Å². The molecule has 0 aliphatic heterocycles. The van der Waals surface area contributed by atoms with Crippen LogP contribution in [0.15, 0.2) is 0 Å². The summed E-state index contributed by atoms with van der Waals surface area (Å²) >= 11 is 0. The fourth-order valence-electron chi connectivity index (χ4n) is 4.44. The third-order valence-corrected chi connectivity index (χ3v) is 6.61. The van der Waals surface area contributed by atoms with Crippen LogP contribution >= 0.6 is 0 Å². The van der Waals surface area contributed by atoms with Crippen molar-refractivity contribution in [2.75, 3.05) is 13.1 Å². The van der Waals surface area contributed by atoms with Gasteiger partial charge in [0.15, 0.2) is 22.6 Å². The predicted octanol–water partition coefficient (Wildman–Crippen LogP) is -2.42.